The smallest absolute Gasteiger partial charge is 0.226 e. The molecule has 26 heavy (non-hydrogen) atoms. The first-order valence-corrected chi connectivity index (χ1v) is 9.27. The molecular formula is C21H29N3O2. The largest absolute Gasteiger partial charge is 0.494 e. The van der Waals surface area contributed by atoms with E-state index in [9.17, 15) is 4.79 Å². The SMILES string of the molecule is CCOc1ccc(NC(=O)CCNc2ccc(N(CC)CC)cc2)cc1. The fourth-order valence-corrected chi connectivity index (χ4v) is 2.72. The number of benzene rings is 2. The van der Waals surface area contributed by atoms with Crippen LogP contribution >= 0.6 is 0 Å². The lowest BCUT2D eigenvalue weighted by molar-refractivity contribution is -0.115. The summed E-state index contributed by atoms with van der Waals surface area (Å²) < 4.78 is 5.39. The molecule has 5 nitrogen and oxygen atoms in total. The fraction of sp³-hybridized carbons (Fsp3) is 0.381. The first kappa shape index (κ1) is 19.6. The normalized spacial score (nSPS) is 10.3. The molecule has 0 heterocycles. The highest BCUT2D eigenvalue weighted by molar-refractivity contribution is 5.91. The van der Waals surface area contributed by atoms with Crippen molar-refractivity contribution in [2.24, 2.45) is 0 Å². The maximum absolute atomic E-state index is 12.0. The third-order valence-electron chi connectivity index (χ3n) is 4.13. The van der Waals surface area contributed by atoms with E-state index in [2.05, 4.69) is 53.6 Å². The van der Waals surface area contributed by atoms with E-state index in [1.54, 1.807) is 0 Å². The quantitative estimate of drug-likeness (QED) is 0.664. The number of nitrogens with zero attached hydrogens (tertiary/aromatic N) is 1. The Bertz CT molecular complexity index is 665. The summed E-state index contributed by atoms with van der Waals surface area (Å²) in [5, 5.41) is 6.19. The molecule has 2 rings (SSSR count). The molecule has 5 heteroatoms. The summed E-state index contributed by atoms with van der Waals surface area (Å²) >= 11 is 0. The van der Waals surface area contributed by atoms with E-state index in [0.29, 0.717) is 19.6 Å². The number of carbonyl (C=O) groups is 1. The van der Waals surface area contributed by atoms with Crippen LogP contribution in [0.25, 0.3) is 0 Å². The van der Waals surface area contributed by atoms with Gasteiger partial charge in [-0.3, -0.25) is 4.79 Å². The summed E-state index contributed by atoms with van der Waals surface area (Å²) in [5.41, 5.74) is 3.02. The number of nitrogens with one attached hydrogen (secondary N) is 2. The Morgan fingerprint density at radius 2 is 1.54 bits per heavy atom. The number of anilines is 3. The average Bonchev–Trinajstić information content (AvgIpc) is 2.66. The first-order valence-electron chi connectivity index (χ1n) is 9.27. The Kier molecular flexibility index (Phi) is 7.80. The minimum atomic E-state index is -0.0126. The molecule has 0 aliphatic carbocycles. The zero-order valence-electron chi connectivity index (χ0n) is 15.9. The number of amides is 1. The van der Waals surface area contributed by atoms with E-state index in [1.807, 2.05) is 31.2 Å². The summed E-state index contributed by atoms with van der Waals surface area (Å²) in [6.07, 6.45) is 0.408. The third-order valence-corrected chi connectivity index (χ3v) is 4.13. The summed E-state index contributed by atoms with van der Waals surface area (Å²) in [4.78, 5) is 14.3. The van der Waals surface area contributed by atoms with Crippen LogP contribution in [0.5, 0.6) is 5.75 Å². The zero-order valence-corrected chi connectivity index (χ0v) is 15.9. The van der Waals surface area contributed by atoms with E-state index < -0.39 is 0 Å². The predicted molar refractivity (Wildman–Crippen MR) is 109 cm³/mol. The maximum Gasteiger partial charge on any atom is 0.226 e. The molecule has 0 unspecified atom stereocenters. The van der Waals surface area contributed by atoms with Gasteiger partial charge in [-0.25, -0.2) is 0 Å². The van der Waals surface area contributed by atoms with Crippen molar-refractivity contribution in [1.29, 1.82) is 0 Å². The van der Waals surface area contributed by atoms with Crippen LogP contribution in [0.2, 0.25) is 0 Å². The van der Waals surface area contributed by atoms with Crippen LogP contribution in [0.1, 0.15) is 27.2 Å². The molecular weight excluding hydrogens is 326 g/mol. The van der Waals surface area contributed by atoms with Crippen molar-refractivity contribution in [3.63, 3.8) is 0 Å². The topological polar surface area (TPSA) is 53.6 Å². The number of hydrogen-bond acceptors (Lipinski definition) is 4. The lowest BCUT2D eigenvalue weighted by Gasteiger charge is -2.21. The molecule has 0 radical (unpaired) electrons. The minimum Gasteiger partial charge on any atom is -0.494 e. The van der Waals surface area contributed by atoms with Gasteiger partial charge in [0.2, 0.25) is 5.91 Å². The lowest BCUT2D eigenvalue weighted by Crippen LogP contribution is -2.21. The fourth-order valence-electron chi connectivity index (χ4n) is 2.72. The molecule has 0 fully saturated rings. The van der Waals surface area contributed by atoms with Gasteiger partial charge in [-0.05, 0) is 69.3 Å². The van der Waals surface area contributed by atoms with Crippen LogP contribution in [0.15, 0.2) is 48.5 Å². The molecule has 0 spiro atoms. The average molecular weight is 355 g/mol. The van der Waals surface area contributed by atoms with E-state index >= 15 is 0 Å². The predicted octanol–water partition coefficient (Wildman–Crippen LogP) is 4.37. The van der Waals surface area contributed by atoms with Gasteiger partial charge < -0.3 is 20.3 Å². The molecule has 140 valence electrons. The van der Waals surface area contributed by atoms with Crippen molar-refractivity contribution < 1.29 is 9.53 Å². The summed E-state index contributed by atoms with van der Waals surface area (Å²) in [5.74, 6) is 0.793. The van der Waals surface area contributed by atoms with Gasteiger partial charge in [-0.1, -0.05) is 0 Å². The van der Waals surface area contributed by atoms with E-state index in [-0.39, 0.29) is 5.91 Å². The van der Waals surface area contributed by atoms with Gasteiger partial charge in [0, 0.05) is 43.1 Å². The van der Waals surface area contributed by atoms with Crippen LogP contribution in [0.4, 0.5) is 17.1 Å². The Morgan fingerprint density at radius 3 is 2.12 bits per heavy atom. The monoisotopic (exact) mass is 355 g/mol. The molecule has 0 saturated carbocycles. The summed E-state index contributed by atoms with van der Waals surface area (Å²) in [6.45, 7) is 9.46. The number of hydrogen-bond donors (Lipinski definition) is 2. The molecule has 2 N–H and O–H groups in total. The summed E-state index contributed by atoms with van der Waals surface area (Å²) in [7, 11) is 0. The highest BCUT2D eigenvalue weighted by Crippen LogP contribution is 2.18. The van der Waals surface area contributed by atoms with Gasteiger partial charge in [0.15, 0.2) is 0 Å². The number of rotatable bonds is 10. The van der Waals surface area contributed by atoms with Gasteiger partial charge in [0.05, 0.1) is 6.61 Å². The highest BCUT2D eigenvalue weighted by atomic mass is 16.5. The van der Waals surface area contributed by atoms with Crippen LogP contribution in [0.3, 0.4) is 0 Å². The Hall–Kier alpha value is -2.69. The van der Waals surface area contributed by atoms with Crippen LogP contribution in [-0.4, -0.2) is 32.1 Å². The molecule has 0 bridgehead atoms. The minimum absolute atomic E-state index is 0.0126. The maximum atomic E-state index is 12.0. The zero-order chi connectivity index (χ0) is 18.8. The highest BCUT2D eigenvalue weighted by Gasteiger charge is 2.04. The van der Waals surface area contributed by atoms with E-state index in [1.165, 1.54) is 5.69 Å². The molecule has 1 amide bonds. The molecule has 0 aliphatic heterocycles. The first-order chi connectivity index (χ1) is 12.7. The summed E-state index contributed by atoms with van der Waals surface area (Å²) in [6, 6.07) is 15.7. The van der Waals surface area contributed by atoms with Crippen molar-refractivity contribution in [2.75, 3.05) is 41.8 Å². The molecule has 0 atom stereocenters. The second-order valence-electron chi connectivity index (χ2n) is 5.90. The molecule has 0 aliphatic rings. The Balaban J connectivity index is 1.75. The van der Waals surface area contributed by atoms with Crippen molar-refractivity contribution >= 4 is 23.0 Å². The van der Waals surface area contributed by atoms with Crippen molar-refractivity contribution in [3.05, 3.63) is 48.5 Å². The second kappa shape index (κ2) is 10.3. The molecule has 0 aromatic heterocycles. The Morgan fingerprint density at radius 1 is 0.923 bits per heavy atom. The standard InChI is InChI=1S/C21H29N3O2/c1-4-24(5-2)19-11-7-17(8-12-19)22-16-15-21(25)23-18-9-13-20(14-10-18)26-6-3/h7-14,22H,4-6,15-16H2,1-3H3,(H,23,25). The number of carbonyl (C=O) groups excluding carboxylic acids is 1. The number of ether oxygens (including phenoxy) is 1. The van der Waals surface area contributed by atoms with Crippen molar-refractivity contribution in [1.82, 2.24) is 0 Å². The van der Waals surface area contributed by atoms with E-state index in [4.69, 9.17) is 4.74 Å². The van der Waals surface area contributed by atoms with Gasteiger partial charge in [0.1, 0.15) is 5.75 Å². The van der Waals surface area contributed by atoms with Crippen LogP contribution in [0, 0.1) is 0 Å². The van der Waals surface area contributed by atoms with Gasteiger partial charge in [-0.2, -0.15) is 0 Å². The Labute approximate surface area is 156 Å². The van der Waals surface area contributed by atoms with Gasteiger partial charge in [-0.15, -0.1) is 0 Å². The molecule has 2 aromatic rings. The third kappa shape index (κ3) is 5.99. The van der Waals surface area contributed by atoms with Crippen LogP contribution < -0.4 is 20.3 Å². The van der Waals surface area contributed by atoms with Gasteiger partial charge >= 0.3 is 0 Å². The molecule has 0 saturated heterocycles. The van der Waals surface area contributed by atoms with Crippen molar-refractivity contribution in [3.8, 4) is 5.75 Å². The van der Waals surface area contributed by atoms with E-state index in [0.717, 1.165) is 30.2 Å². The second-order valence-corrected chi connectivity index (χ2v) is 5.90. The van der Waals surface area contributed by atoms with Crippen LogP contribution in [-0.2, 0) is 4.79 Å². The van der Waals surface area contributed by atoms with Crippen molar-refractivity contribution in [2.45, 2.75) is 27.2 Å². The lowest BCUT2D eigenvalue weighted by atomic mass is 10.2. The molecule has 2 aromatic carbocycles. The van der Waals surface area contributed by atoms with Gasteiger partial charge in [0.25, 0.3) is 0 Å².